The number of ether oxygens (including phenoxy) is 2. The molecule has 1 spiro atoms. The summed E-state index contributed by atoms with van der Waals surface area (Å²) in [5, 5.41) is 0. The zero-order chi connectivity index (χ0) is 14.5. The molecule has 0 aromatic heterocycles. The number of rotatable bonds is 4. The van der Waals surface area contributed by atoms with Crippen LogP contribution in [0.1, 0.15) is 24.8 Å². The summed E-state index contributed by atoms with van der Waals surface area (Å²) >= 11 is 0. The van der Waals surface area contributed by atoms with Gasteiger partial charge in [0.05, 0.1) is 13.2 Å². The van der Waals surface area contributed by atoms with Crippen molar-refractivity contribution >= 4 is 0 Å². The fraction of sp³-hybridized carbons (Fsp3) is 0.647. The molecule has 116 valence electrons. The SMILES string of the molecule is NCCC1COC2(CCN(Cc3ccccc3)CC2)OC1. The van der Waals surface area contributed by atoms with E-state index in [2.05, 4.69) is 35.2 Å². The lowest BCUT2D eigenvalue weighted by Crippen LogP contribution is -2.51. The molecule has 0 aliphatic carbocycles. The molecule has 0 amide bonds. The van der Waals surface area contributed by atoms with Gasteiger partial charge in [-0.15, -0.1) is 0 Å². The lowest BCUT2D eigenvalue weighted by molar-refractivity contribution is -0.299. The predicted molar refractivity (Wildman–Crippen MR) is 82.7 cm³/mol. The molecule has 2 N–H and O–H groups in total. The fourth-order valence-corrected chi connectivity index (χ4v) is 3.21. The second kappa shape index (κ2) is 6.88. The Morgan fingerprint density at radius 3 is 2.38 bits per heavy atom. The standard InChI is InChI=1S/C17H26N2O2/c18-9-6-16-13-20-17(21-14-16)7-10-19(11-8-17)12-15-4-2-1-3-5-15/h1-5,16H,6-14,18H2. The van der Waals surface area contributed by atoms with Crippen molar-refractivity contribution in [1.29, 1.82) is 0 Å². The first-order valence-corrected chi connectivity index (χ1v) is 8.04. The maximum Gasteiger partial charge on any atom is 0.170 e. The van der Waals surface area contributed by atoms with Crippen LogP contribution >= 0.6 is 0 Å². The molecule has 0 radical (unpaired) electrons. The number of nitrogens with zero attached hydrogens (tertiary/aromatic N) is 1. The summed E-state index contributed by atoms with van der Waals surface area (Å²) < 4.78 is 12.1. The third-order valence-electron chi connectivity index (χ3n) is 4.61. The quantitative estimate of drug-likeness (QED) is 0.921. The first-order valence-electron chi connectivity index (χ1n) is 8.04. The minimum absolute atomic E-state index is 0.321. The van der Waals surface area contributed by atoms with Crippen LogP contribution in [0.3, 0.4) is 0 Å². The van der Waals surface area contributed by atoms with E-state index in [1.54, 1.807) is 0 Å². The third-order valence-corrected chi connectivity index (χ3v) is 4.61. The molecule has 2 heterocycles. The molecular weight excluding hydrogens is 264 g/mol. The van der Waals surface area contributed by atoms with Gasteiger partial charge in [0.15, 0.2) is 5.79 Å². The molecular formula is C17H26N2O2. The van der Waals surface area contributed by atoms with Gasteiger partial charge in [0, 0.05) is 38.4 Å². The van der Waals surface area contributed by atoms with Gasteiger partial charge in [-0.3, -0.25) is 4.90 Å². The molecule has 3 rings (SSSR count). The summed E-state index contributed by atoms with van der Waals surface area (Å²) in [6.07, 6.45) is 2.93. The van der Waals surface area contributed by atoms with Gasteiger partial charge in [-0.2, -0.15) is 0 Å². The van der Waals surface area contributed by atoms with E-state index in [1.807, 2.05) is 0 Å². The molecule has 2 saturated heterocycles. The number of piperidine rings is 1. The second-order valence-corrected chi connectivity index (χ2v) is 6.24. The number of nitrogens with two attached hydrogens (primary N) is 1. The van der Waals surface area contributed by atoms with E-state index in [-0.39, 0.29) is 5.79 Å². The lowest BCUT2D eigenvalue weighted by Gasteiger charge is -2.45. The zero-order valence-corrected chi connectivity index (χ0v) is 12.7. The third kappa shape index (κ3) is 3.83. The van der Waals surface area contributed by atoms with Gasteiger partial charge in [0.2, 0.25) is 0 Å². The summed E-state index contributed by atoms with van der Waals surface area (Å²) in [5.41, 5.74) is 6.98. The molecule has 2 fully saturated rings. The Bertz CT molecular complexity index is 420. The van der Waals surface area contributed by atoms with Crippen molar-refractivity contribution in [2.24, 2.45) is 11.7 Å². The Balaban J connectivity index is 1.47. The van der Waals surface area contributed by atoms with Crippen molar-refractivity contribution in [2.45, 2.75) is 31.6 Å². The summed E-state index contributed by atoms with van der Waals surface area (Å²) in [4.78, 5) is 2.49. The maximum absolute atomic E-state index is 6.07. The maximum atomic E-state index is 6.07. The van der Waals surface area contributed by atoms with Crippen LogP contribution in [0, 0.1) is 5.92 Å². The largest absolute Gasteiger partial charge is 0.349 e. The highest BCUT2D eigenvalue weighted by Crippen LogP contribution is 2.33. The monoisotopic (exact) mass is 290 g/mol. The van der Waals surface area contributed by atoms with Crippen molar-refractivity contribution < 1.29 is 9.47 Å². The molecule has 0 atom stereocenters. The number of hydrogen-bond acceptors (Lipinski definition) is 4. The smallest absolute Gasteiger partial charge is 0.170 e. The minimum atomic E-state index is -0.321. The summed E-state index contributed by atoms with van der Waals surface area (Å²) in [6, 6.07) is 10.7. The lowest BCUT2D eigenvalue weighted by atomic mass is 9.99. The molecule has 4 heteroatoms. The van der Waals surface area contributed by atoms with Crippen molar-refractivity contribution in [1.82, 2.24) is 4.90 Å². The molecule has 21 heavy (non-hydrogen) atoms. The van der Waals surface area contributed by atoms with E-state index >= 15 is 0 Å². The van der Waals surface area contributed by atoms with Crippen LogP contribution in [0.15, 0.2) is 30.3 Å². The zero-order valence-electron chi connectivity index (χ0n) is 12.7. The molecule has 2 aliphatic rings. The minimum Gasteiger partial charge on any atom is -0.349 e. The first kappa shape index (κ1) is 15.0. The van der Waals surface area contributed by atoms with Crippen LogP contribution in [0.5, 0.6) is 0 Å². The van der Waals surface area contributed by atoms with Gasteiger partial charge in [-0.05, 0) is 18.5 Å². The van der Waals surface area contributed by atoms with E-state index in [4.69, 9.17) is 15.2 Å². The Labute approximate surface area is 127 Å². The van der Waals surface area contributed by atoms with Crippen LogP contribution in [0.2, 0.25) is 0 Å². The average molecular weight is 290 g/mol. The van der Waals surface area contributed by atoms with Gasteiger partial charge in [-0.1, -0.05) is 30.3 Å². The van der Waals surface area contributed by atoms with Crippen molar-refractivity contribution in [2.75, 3.05) is 32.8 Å². The van der Waals surface area contributed by atoms with Gasteiger partial charge in [0.25, 0.3) is 0 Å². The molecule has 0 bridgehead atoms. The summed E-state index contributed by atoms with van der Waals surface area (Å²) in [7, 11) is 0. The summed E-state index contributed by atoms with van der Waals surface area (Å²) in [5.74, 6) is 0.154. The van der Waals surface area contributed by atoms with Crippen LogP contribution in [0.4, 0.5) is 0 Å². The van der Waals surface area contributed by atoms with Gasteiger partial charge < -0.3 is 15.2 Å². The molecule has 4 nitrogen and oxygen atoms in total. The molecule has 1 aromatic carbocycles. The number of benzene rings is 1. The fourth-order valence-electron chi connectivity index (χ4n) is 3.21. The number of hydrogen-bond donors (Lipinski definition) is 1. The van der Waals surface area contributed by atoms with Crippen LogP contribution in [-0.4, -0.2) is 43.5 Å². The average Bonchev–Trinajstić information content (AvgIpc) is 2.54. The second-order valence-electron chi connectivity index (χ2n) is 6.24. The van der Waals surface area contributed by atoms with E-state index in [0.29, 0.717) is 5.92 Å². The van der Waals surface area contributed by atoms with Gasteiger partial charge >= 0.3 is 0 Å². The summed E-state index contributed by atoms with van der Waals surface area (Å²) in [6.45, 7) is 5.42. The number of likely N-dealkylation sites (tertiary alicyclic amines) is 1. The van der Waals surface area contributed by atoms with Crippen molar-refractivity contribution in [3.63, 3.8) is 0 Å². The first-order chi connectivity index (χ1) is 10.3. The van der Waals surface area contributed by atoms with E-state index in [9.17, 15) is 0 Å². The van der Waals surface area contributed by atoms with E-state index in [1.165, 1.54) is 5.56 Å². The highest BCUT2D eigenvalue weighted by molar-refractivity contribution is 5.14. The normalized spacial score (nSPS) is 23.5. The van der Waals surface area contributed by atoms with Crippen LogP contribution in [-0.2, 0) is 16.0 Å². The van der Waals surface area contributed by atoms with E-state index < -0.39 is 0 Å². The van der Waals surface area contributed by atoms with Gasteiger partial charge in [-0.25, -0.2) is 0 Å². The van der Waals surface area contributed by atoms with Crippen molar-refractivity contribution in [3.05, 3.63) is 35.9 Å². The van der Waals surface area contributed by atoms with Crippen LogP contribution < -0.4 is 5.73 Å². The Morgan fingerprint density at radius 2 is 1.76 bits per heavy atom. The topological polar surface area (TPSA) is 47.7 Å². The predicted octanol–water partition coefficient (Wildman–Crippen LogP) is 1.99. The highest BCUT2D eigenvalue weighted by atomic mass is 16.7. The molecule has 1 aromatic rings. The van der Waals surface area contributed by atoms with Crippen LogP contribution in [0.25, 0.3) is 0 Å². The molecule has 0 unspecified atom stereocenters. The highest BCUT2D eigenvalue weighted by Gasteiger charge is 2.40. The Hall–Kier alpha value is -0.940. The molecule has 0 saturated carbocycles. The Kier molecular flexibility index (Phi) is 4.91. The van der Waals surface area contributed by atoms with E-state index in [0.717, 1.165) is 58.7 Å². The molecule has 2 aliphatic heterocycles. The van der Waals surface area contributed by atoms with Crippen molar-refractivity contribution in [3.8, 4) is 0 Å². The Morgan fingerprint density at radius 1 is 1.10 bits per heavy atom. The van der Waals surface area contributed by atoms with Gasteiger partial charge in [0.1, 0.15) is 0 Å².